The highest BCUT2D eigenvalue weighted by Gasteiger charge is 2.10. The fourth-order valence-electron chi connectivity index (χ4n) is 1.23. The molecule has 1 aromatic rings. The molecule has 1 amide bonds. The minimum absolute atomic E-state index is 0.0417. The van der Waals surface area contributed by atoms with Crippen molar-refractivity contribution < 1.29 is 14.5 Å². The number of nitrogens with zero attached hydrogens (tertiary/aromatic N) is 2. The van der Waals surface area contributed by atoms with E-state index in [0.29, 0.717) is 23.6 Å². The molecule has 0 unspecified atom stereocenters. The molecule has 0 aliphatic heterocycles. The second kappa shape index (κ2) is 12.9. The summed E-state index contributed by atoms with van der Waals surface area (Å²) in [7, 11) is 1.71. The Balaban J connectivity index is 0. The molecule has 0 bridgehead atoms. The number of carbonyl (C=O) groups is 1. The first-order chi connectivity index (χ1) is 11.6. The number of carbonyl (C=O) groups excluding carboxylic acids is 1. The maximum atomic E-state index is 10.6. The van der Waals surface area contributed by atoms with Gasteiger partial charge in [-0.2, -0.15) is 0 Å². The van der Waals surface area contributed by atoms with Gasteiger partial charge in [-0.3, -0.25) is 14.9 Å². The molecule has 0 spiro atoms. The number of hydrogen-bond acceptors (Lipinski definition) is 5. The van der Waals surface area contributed by atoms with Gasteiger partial charge in [-0.1, -0.05) is 20.4 Å². The Morgan fingerprint density at radius 3 is 2.32 bits per heavy atom. The van der Waals surface area contributed by atoms with Crippen molar-refractivity contribution in [2.45, 2.75) is 53.7 Å². The summed E-state index contributed by atoms with van der Waals surface area (Å²) in [5.41, 5.74) is 1.06. The average molecular weight is 354 g/mol. The lowest BCUT2D eigenvalue weighted by molar-refractivity contribution is -0.417. The van der Waals surface area contributed by atoms with E-state index < -0.39 is 4.92 Å². The van der Waals surface area contributed by atoms with Crippen molar-refractivity contribution in [3.8, 4) is 0 Å². The van der Waals surface area contributed by atoms with Crippen molar-refractivity contribution in [3.05, 3.63) is 45.7 Å². The van der Waals surface area contributed by atoms with E-state index in [2.05, 4.69) is 21.9 Å². The highest BCUT2D eigenvalue weighted by Crippen LogP contribution is 2.11. The number of rotatable bonds is 6. The molecule has 1 rings (SSSR count). The molecule has 1 aromatic heterocycles. The summed E-state index contributed by atoms with van der Waals surface area (Å²) < 4.78 is 4.94. The molecule has 0 radical (unpaired) electrons. The van der Waals surface area contributed by atoms with Crippen LogP contribution < -0.4 is 5.32 Å². The predicted molar refractivity (Wildman–Crippen MR) is 99.5 cm³/mol. The van der Waals surface area contributed by atoms with E-state index in [1.54, 1.807) is 14.0 Å². The molecular formula is C17H30N4O4. The molecule has 0 aliphatic carbocycles. The second-order valence-electron chi connectivity index (χ2n) is 5.54. The number of amides is 1. The number of aromatic amines is 1. The Hall–Kier alpha value is -2.48. The summed E-state index contributed by atoms with van der Waals surface area (Å²) in [6.07, 6.45) is 3.03. The number of nitro groups is 1. The smallest absolute Gasteiger partial charge is 0.271 e. The minimum atomic E-state index is -0.537. The van der Waals surface area contributed by atoms with Crippen LogP contribution >= 0.6 is 0 Å². The number of imidazole rings is 1. The summed E-state index contributed by atoms with van der Waals surface area (Å²) in [5, 5.41) is 13.0. The van der Waals surface area contributed by atoms with E-state index in [4.69, 9.17) is 4.74 Å². The lowest BCUT2D eigenvalue weighted by atomic mass is 10.2. The molecule has 0 saturated heterocycles. The minimum Gasteiger partial charge on any atom is -0.379 e. The van der Waals surface area contributed by atoms with Crippen LogP contribution in [0.1, 0.15) is 51.8 Å². The summed E-state index contributed by atoms with van der Waals surface area (Å²) >= 11 is 0. The van der Waals surface area contributed by atoms with Crippen LogP contribution in [0.25, 0.3) is 6.08 Å². The van der Waals surface area contributed by atoms with Gasteiger partial charge in [-0.15, -0.1) is 0 Å². The third kappa shape index (κ3) is 11.7. The quantitative estimate of drug-likeness (QED) is 0.353. The number of nitrogens with one attached hydrogen (secondary N) is 2. The van der Waals surface area contributed by atoms with Gasteiger partial charge in [0.25, 0.3) is 5.70 Å². The maximum absolute atomic E-state index is 10.6. The predicted octanol–water partition coefficient (Wildman–Crippen LogP) is 3.23. The van der Waals surface area contributed by atoms with Gasteiger partial charge in [-0.05, 0) is 27.7 Å². The van der Waals surface area contributed by atoms with E-state index in [1.165, 1.54) is 6.08 Å². The van der Waals surface area contributed by atoms with Crippen LogP contribution in [0, 0.1) is 17.0 Å². The molecule has 0 aliphatic rings. The number of aryl methyl sites for hydroxylation is 1. The van der Waals surface area contributed by atoms with Gasteiger partial charge < -0.3 is 15.0 Å². The highest BCUT2D eigenvalue weighted by molar-refractivity contribution is 5.52. The lowest BCUT2D eigenvalue weighted by Gasteiger charge is -2.14. The van der Waals surface area contributed by atoms with Gasteiger partial charge in [0, 0.05) is 25.0 Å². The molecule has 1 heterocycles. The van der Waals surface area contributed by atoms with Gasteiger partial charge in [0.2, 0.25) is 6.41 Å². The lowest BCUT2D eigenvalue weighted by Crippen LogP contribution is -2.15. The number of methoxy groups -OCH3 is 1. The van der Waals surface area contributed by atoms with Crippen LogP contribution in [0.4, 0.5) is 0 Å². The standard InChI is InChI=1S/C10H12N4O3.C5H12O.C2H6/c1-3-8(14(16)17)4-9-7(2)12-10(13-9)5-11-6-15;1-5(2,3)6-4;1-2/h3-4,6H,1,5H2,2H3,(H,11,15)(H,12,13);1-4H3;1-2H3/b8-4+;;. The Morgan fingerprint density at radius 1 is 1.44 bits per heavy atom. The summed E-state index contributed by atoms with van der Waals surface area (Å²) in [6.45, 7) is 15.4. The van der Waals surface area contributed by atoms with E-state index in [0.717, 1.165) is 6.08 Å². The molecule has 8 nitrogen and oxygen atoms in total. The monoisotopic (exact) mass is 354 g/mol. The summed E-state index contributed by atoms with van der Waals surface area (Å²) in [6, 6.07) is 0. The third-order valence-electron chi connectivity index (χ3n) is 2.64. The Bertz CT molecular complexity index is 572. The largest absolute Gasteiger partial charge is 0.379 e. The maximum Gasteiger partial charge on any atom is 0.271 e. The zero-order valence-corrected chi connectivity index (χ0v) is 16.2. The second-order valence-corrected chi connectivity index (χ2v) is 5.54. The van der Waals surface area contributed by atoms with Crippen molar-refractivity contribution >= 4 is 12.5 Å². The first-order valence-electron chi connectivity index (χ1n) is 7.90. The molecular weight excluding hydrogens is 324 g/mol. The van der Waals surface area contributed by atoms with Crippen molar-refractivity contribution in [2.24, 2.45) is 0 Å². The van der Waals surface area contributed by atoms with E-state index in [1.807, 2.05) is 34.6 Å². The zero-order chi connectivity index (χ0) is 20.0. The van der Waals surface area contributed by atoms with Gasteiger partial charge >= 0.3 is 0 Å². The Morgan fingerprint density at radius 2 is 1.96 bits per heavy atom. The topological polar surface area (TPSA) is 110 Å². The van der Waals surface area contributed by atoms with E-state index in [9.17, 15) is 14.9 Å². The van der Waals surface area contributed by atoms with Crippen LogP contribution in [0.2, 0.25) is 0 Å². The van der Waals surface area contributed by atoms with Crippen molar-refractivity contribution in [2.75, 3.05) is 7.11 Å². The van der Waals surface area contributed by atoms with Crippen molar-refractivity contribution in [1.82, 2.24) is 15.3 Å². The summed E-state index contributed by atoms with van der Waals surface area (Å²) in [4.78, 5) is 27.2. The fourth-order valence-corrected chi connectivity index (χ4v) is 1.23. The van der Waals surface area contributed by atoms with Crippen molar-refractivity contribution in [1.29, 1.82) is 0 Å². The van der Waals surface area contributed by atoms with Crippen LogP contribution in [0.15, 0.2) is 18.4 Å². The Kier molecular flexibility index (Phi) is 12.8. The molecule has 0 atom stereocenters. The number of hydrogen-bond donors (Lipinski definition) is 2. The van der Waals surface area contributed by atoms with Gasteiger partial charge in [0.1, 0.15) is 5.82 Å². The SMILES string of the molecule is C=C/C(=C\c1nc(CNC=O)[nH]c1C)[N+](=O)[O-].CC.COC(C)(C)C. The highest BCUT2D eigenvalue weighted by atomic mass is 16.6. The molecule has 25 heavy (non-hydrogen) atoms. The number of allylic oxidation sites excluding steroid dienone is 1. The first-order valence-corrected chi connectivity index (χ1v) is 7.90. The van der Waals surface area contributed by atoms with Gasteiger partial charge in [-0.25, -0.2) is 4.98 Å². The first kappa shape index (κ1) is 24.8. The average Bonchev–Trinajstić information content (AvgIpc) is 2.91. The number of ether oxygens (including phenoxy) is 1. The molecule has 0 aromatic carbocycles. The van der Waals surface area contributed by atoms with Crippen LogP contribution in [0.3, 0.4) is 0 Å². The van der Waals surface area contributed by atoms with Gasteiger partial charge in [0.05, 0.1) is 22.8 Å². The molecule has 8 heteroatoms. The third-order valence-corrected chi connectivity index (χ3v) is 2.64. The van der Waals surface area contributed by atoms with Crippen LogP contribution in [-0.4, -0.2) is 34.0 Å². The fraction of sp³-hybridized carbons (Fsp3) is 0.529. The van der Waals surface area contributed by atoms with Gasteiger partial charge in [0.15, 0.2) is 0 Å². The molecule has 2 N–H and O–H groups in total. The van der Waals surface area contributed by atoms with E-state index >= 15 is 0 Å². The number of aromatic nitrogens is 2. The molecule has 0 fully saturated rings. The molecule has 142 valence electrons. The zero-order valence-electron chi connectivity index (χ0n) is 16.2. The number of H-pyrrole nitrogens is 1. The van der Waals surface area contributed by atoms with Crippen LogP contribution in [0.5, 0.6) is 0 Å². The van der Waals surface area contributed by atoms with Crippen LogP contribution in [-0.2, 0) is 16.1 Å². The molecule has 0 saturated carbocycles. The normalized spacial score (nSPS) is 10.6. The summed E-state index contributed by atoms with van der Waals surface area (Å²) in [5.74, 6) is 0.535. The van der Waals surface area contributed by atoms with Crippen molar-refractivity contribution in [3.63, 3.8) is 0 Å². The van der Waals surface area contributed by atoms with E-state index in [-0.39, 0.29) is 17.8 Å². The Labute approximate surface area is 149 Å².